The molecule has 3 atom stereocenters. The van der Waals surface area contributed by atoms with Crippen molar-refractivity contribution in [3.63, 3.8) is 0 Å². The van der Waals surface area contributed by atoms with Gasteiger partial charge in [-0.3, -0.25) is 4.79 Å². The van der Waals surface area contributed by atoms with Crippen LogP contribution in [0.5, 0.6) is 0 Å². The Morgan fingerprint density at radius 1 is 1.17 bits per heavy atom. The van der Waals surface area contributed by atoms with Gasteiger partial charge in [-0.1, -0.05) is 42.5 Å². The van der Waals surface area contributed by atoms with Crippen molar-refractivity contribution in [3.8, 4) is 0 Å². The Morgan fingerprint density at radius 2 is 1.90 bits per heavy atom. The standard InChI is InChI=1S/C23H28N2O4/c1-2-28-23-17(11-8-14-26)18(16-9-4-3-5-10-16)15-21(29-23)22(27)25-20-13-7-6-12-19(20)24/h3-7,9-10,12-13,15,17-18,23,26H,2,8,11,14,24H2,1H3,(H,25,27)/t17-,18+,23+/m1/s1. The van der Waals surface area contributed by atoms with Crippen LogP contribution in [-0.4, -0.2) is 30.5 Å². The summed E-state index contributed by atoms with van der Waals surface area (Å²) in [7, 11) is 0. The molecule has 0 fully saturated rings. The van der Waals surface area contributed by atoms with Crippen LogP contribution in [0, 0.1) is 5.92 Å². The number of anilines is 2. The smallest absolute Gasteiger partial charge is 0.290 e. The Bertz CT molecular complexity index is 838. The number of amides is 1. The fourth-order valence-electron chi connectivity index (χ4n) is 3.61. The first-order chi connectivity index (χ1) is 14.1. The van der Waals surface area contributed by atoms with Gasteiger partial charge in [-0.25, -0.2) is 0 Å². The number of para-hydroxylation sites is 2. The van der Waals surface area contributed by atoms with Gasteiger partial charge in [-0.2, -0.15) is 0 Å². The molecular formula is C23H28N2O4. The van der Waals surface area contributed by atoms with Crippen LogP contribution in [0.2, 0.25) is 0 Å². The minimum Gasteiger partial charge on any atom is -0.459 e. The normalized spacial score (nSPS) is 21.2. The maximum absolute atomic E-state index is 12.9. The molecule has 6 nitrogen and oxygen atoms in total. The van der Waals surface area contributed by atoms with Crippen LogP contribution in [-0.2, 0) is 14.3 Å². The highest BCUT2D eigenvalue weighted by Crippen LogP contribution is 2.39. The molecule has 0 radical (unpaired) electrons. The van der Waals surface area contributed by atoms with Gasteiger partial charge in [0.25, 0.3) is 5.91 Å². The lowest BCUT2D eigenvalue weighted by Crippen LogP contribution is -2.37. The fraction of sp³-hybridized carbons (Fsp3) is 0.348. The van der Waals surface area contributed by atoms with E-state index < -0.39 is 6.29 Å². The minimum atomic E-state index is -0.573. The minimum absolute atomic E-state index is 0.0113. The molecule has 3 rings (SSSR count). The highest BCUT2D eigenvalue weighted by molar-refractivity contribution is 6.04. The van der Waals surface area contributed by atoms with E-state index in [1.54, 1.807) is 12.1 Å². The number of carbonyl (C=O) groups is 1. The van der Waals surface area contributed by atoms with E-state index in [4.69, 9.17) is 15.2 Å². The molecule has 0 spiro atoms. The van der Waals surface area contributed by atoms with E-state index in [2.05, 4.69) is 5.32 Å². The molecule has 1 aliphatic rings. The molecule has 6 heteroatoms. The third-order valence-corrected chi connectivity index (χ3v) is 5.03. The molecule has 1 heterocycles. The second kappa shape index (κ2) is 10.1. The fourth-order valence-corrected chi connectivity index (χ4v) is 3.61. The summed E-state index contributed by atoms with van der Waals surface area (Å²) >= 11 is 0. The summed E-state index contributed by atoms with van der Waals surface area (Å²) < 4.78 is 11.8. The van der Waals surface area contributed by atoms with Gasteiger partial charge in [0.2, 0.25) is 6.29 Å². The summed E-state index contributed by atoms with van der Waals surface area (Å²) in [6.45, 7) is 2.45. The number of hydrogen-bond donors (Lipinski definition) is 3. The largest absolute Gasteiger partial charge is 0.459 e. The summed E-state index contributed by atoms with van der Waals surface area (Å²) in [5, 5.41) is 12.1. The number of hydrogen-bond acceptors (Lipinski definition) is 5. The van der Waals surface area contributed by atoms with Gasteiger partial charge >= 0.3 is 0 Å². The van der Waals surface area contributed by atoms with Crippen molar-refractivity contribution in [2.75, 3.05) is 24.3 Å². The van der Waals surface area contributed by atoms with Crippen molar-refractivity contribution in [2.24, 2.45) is 5.92 Å². The Balaban J connectivity index is 1.92. The Labute approximate surface area is 171 Å². The number of aliphatic hydroxyl groups is 1. The average Bonchev–Trinajstić information content (AvgIpc) is 2.74. The van der Waals surface area contributed by atoms with Crippen molar-refractivity contribution in [1.82, 2.24) is 0 Å². The zero-order valence-electron chi connectivity index (χ0n) is 16.6. The number of allylic oxidation sites excluding steroid dienone is 1. The van der Waals surface area contributed by atoms with E-state index in [1.807, 2.05) is 55.5 Å². The van der Waals surface area contributed by atoms with E-state index >= 15 is 0 Å². The van der Waals surface area contributed by atoms with Gasteiger partial charge in [0.15, 0.2) is 5.76 Å². The Morgan fingerprint density at radius 3 is 2.59 bits per heavy atom. The number of aliphatic hydroxyl groups excluding tert-OH is 1. The van der Waals surface area contributed by atoms with Crippen LogP contribution in [0.25, 0.3) is 0 Å². The predicted octanol–water partition coefficient (Wildman–Crippen LogP) is 3.66. The van der Waals surface area contributed by atoms with E-state index in [-0.39, 0.29) is 30.1 Å². The van der Waals surface area contributed by atoms with Crippen molar-refractivity contribution >= 4 is 17.3 Å². The molecule has 29 heavy (non-hydrogen) atoms. The third kappa shape index (κ3) is 5.16. The summed E-state index contributed by atoms with van der Waals surface area (Å²) in [6.07, 6.45) is 2.63. The van der Waals surface area contributed by atoms with Crippen LogP contribution in [0.3, 0.4) is 0 Å². The number of carbonyl (C=O) groups excluding carboxylic acids is 1. The summed E-state index contributed by atoms with van der Waals surface area (Å²) in [4.78, 5) is 12.9. The van der Waals surface area contributed by atoms with E-state index in [0.717, 1.165) is 12.0 Å². The number of nitrogens with one attached hydrogen (secondary N) is 1. The van der Waals surface area contributed by atoms with Crippen LogP contribution in [0.1, 0.15) is 31.2 Å². The monoisotopic (exact) mass is 396 g/mol. The van der Waals surface area contributed by atoms with Gasteiger partial charge in [0, 0.05) is 25.0 Å². The SMILES string of the molecule is CCO[C@H]1OC(C(=O)Nc2ccccc2N)=C[C@@H](c2ccccc2)[C@H]1CCCO. The van der Waals surface area contributed by atoms with E-state index in [1.165, 1.54) is 0 Å². The predicted molar refractivity (Wildman–Crippen MR) is 113 cm³/mol. The first kappa shape index (κ1) is 20.9. The number of benzene rings is 2. The van der Waals surface area contributed by atoms with Crippen LogP contribution < -0.4 is 11.1 Å². The van der Waals surface area contributed by atoms with Crippen molar-refractivity contribution in [3.05, 3.63) is 72.0 Å². The van der Waals surface area contributed by atoms with Gasteiger partial charge in [0.1, 0.15) is 0 Å². The van der Waals surface area contributed by atoms with Crippen LogP contribution in [0.15, 0.2) is 66.4 Å². The third-order valence-electron chi connectivity index (χ3n) is 5.03. The number of rotatable bonds is 8. The number of nitrogens with two attached hydrogens (primary N) is 1. The van der Waals surface area contributed by atoms with Gasteiger partial charge in [-0.05, 0) is 43.5 Å². The summed E-state index contributed by atoms with van der Waals surface area (Å²) in [5.74, 6) is -0.236. The second-order valence-electron chi connectivity index (χ2n) is 6.98. The lowest BCUT2D eigenvalue weighted by molar-refractivity contribution is -0.165. The Hall–Kier alpha value is -2.83. The molecule has 0 unspecified atom stereocenters. The highest BCUT2D eigenvalue weighted by Gasteiger charge is 2.37. The lowest BCUT2D eigenvalue weighted by atomic mass is 9.80. The molecule has 0 aliphatic carbocycles. The second-order valence-corrected chi connectivity index (χ2v) is 6.98. The first-order valence-corrected chi connectivity index (χ1v) is 9.95. The molecular weight excluding hydrogens is 368 g/mol. The van der Waals surface area contributed by atoms with Crippen molar-refractivity contribution in [1.29, 1.82) is 0 Å². The maximum atomic E-state index is 12.9. The number of nitrogen functional groups attached to an aromatic ring is 1. The highest BCUT2D eigenvalue weighted by atomic mass is 16.7. The topological polar surface area (TPSA) is 93.8 Å². The molecule has 2 aromatic rings. The molecule has 0 saturated heterocycles. The first-order valence-electron chi connectivity index (χ1n) is 9.95. The maximum Gasteiger partial charge on any atom is 0.290 e. The van der Waals surface area contributed by atoms with E-state index in [9.17, 15) is 9.90 Å². The molecule has 154 valence electrons. The lowest BCUT2D eigenvalue weighted by Gasteiger charge is -2.37. The van der Waals surface area contributed by atoms with Crippen molar-refractivity contribution in [2.45, 2.75) is 32.0 Å². The Kier molecular flexibility index (Phi) is 7.27. The molecule has 0 aromatic heterocycles. The quantitative estimate of drug-likeness (QED) is 0.592. The van der Waals surface area contributed by atoms with Gasteiger partial charge in [0.05, 0.1) is 11.4 Å². The summed E-state index contributed by atoms with van der Waals surface area (Å²) in [5.41, 5.74) is 8.04. The molecule has 1 amide bonds. The zero-order chi connectivity index (χ0) is 20.6. The van der Waals surface area contributed by atoms with E-state index in [0.29, 0.717) is 24.4 Å². The average molecular weight is 396 g/mol. The van der Waals surface area contributed by atoms with Crippen molar-refractivity contribution < 1.29 is 19.4 Å². The molecule has 1 aliphatic heterocycles. The molecule has 0 saturated carbocycles. The molecule has 0 bridgehead atoms. The zero-order valence-corrected chi connectivity index (χ0v) is 16.6. The molecule has 2 aromatic carbocycles. The van der Waals surface area contributed by atoms with Gasteiger partial charge in [-0.15, -0.1) is 0 Å². The summed E-state index contributed by atoms with van der Waals surface area (Å²) in [6, 6.07) is 17.1. The van der Waals surface area contributed by atoms with Crippen LogP contribution >= 0.6 is 0 Å². The number of ether oxygens (including phenoxy) is 2. The molecule has 4 N–H and O–H groups in total. The van der Waals surface area contributed by atoms with Crippen LogP contribution in [0.4, 0.5) is 11.4 Å². The van der Waals surface area contributed by atoms with Gasteiger partial charge < -0.3 is 25.6 Å².